The number of aliphatic imine (C=N–C) groups is 1. The molecule has 0 saturated carbocycles. The van der Waals surface area contributed by atoms with E-state index in [4.69, 9.17) is 5.73 Å². The van der Waals surface area contributed by atoms with Gasteiger partial charge in [0, 0.05) is 16.7 Å². The van der Waals surface area contributed by atoms with E-state index in [0.29, 0.717) is 10.4 Å². The molecule has 0 bridgehead atoms. The topological polar surface area (TPSA) is 50.4 Å². The molecule has 1 aliphatic heterocycles. The van der Waals surface area contributed by atoms with Gasteiger partial charge < -0.3 is 5.32 Å². The minimum atomic E-state index is -4.73. The standard InChI is InChI=1S/C14H11F4N3S/c1-6-8-5-20-13(19)21-12(8)22-11(6)7-2-3-10(15)9(4-7)14(16,17)18/h2-5,13,21H,19H2,1H3. The maximum Gasteiger partial charge on any atom is 0.419 e. The minimum absolute atomic E-state index is 0.314. The molecule has 1 atom stereocenters. The summed E-state index contributed by atoms with van der Waals surface area (Å²) in [6.45, 7) is 1.78. The third kappa shape index (κ3) is 2.48. The summed E-state index contributed by atoms with van der Waals surface area (Å²) in [5, 5.41) is 3.69. The first-order valence-electron chi connectivity index (χ1n) is 6.33. The van der Waals surface area contributed by atoms with Crippen molar-refractivity contribution in [3.8, 4) is 10.4 Å². The zero-order chi connectivity index (χ0) is 16.1. The number of thiophene rings is 1. The molecule has 0 saturated heterocycles. The van der Waals surface area contributed by atoms with Crippen molar-refractivity contribution in [1.82, 2.24) is 0 Å². The Morgan fingerprint density at radius 2 is 2.05 bits per heavy atom. The van der Waals surface area contributed by atoms with Crippen molar-refractivity contribution in [3.63, 3.8) is 0 Å². The molecular weight excluding hydrogens is 318 g/mol. The Labute approximate surface area is 127 Å². The maximum absolute atomic E-state index is 13.4. The molecule has 0 aliphatic carbocycles. The maximum atomic E-state index is 13.4. The van der Waals surface area contributed by atoms with E-state index in [1.54, 1.807) is 13.1 Å². The van der Waals surface area contributed by atoms with Crippen molar-refractivity contribution < 1.29 is 17.6 Å². The van der Waals surface area contributed by atoms with Crippen LogP contribution in [0.25, 0.3) is 10.4 Å². The summed E-state index contributed by atoms with van der Waals surface area (Å²) in [5.41, 5.74) is 6.26. The molecule has 22 heavy (non-hydrogen) atoms. The van der Waals surface area contributed by atoms with E-state index in [-0.39, 0.29) is 0 Å². The van der Waals surface area contributed by atoms with Crippen LogP contribution in [-0.4, -0.2) is 12.5 Å². The second-order valence-electron chi connectivity index (χ2n) is 4.86. The highest BCUT2D eigenvalue weighted by Crippen LogP contribution is 2.42. The van der Waals surface area contributed by atoms with Gasteiger partial charge >= 0.3 is 6.18 Å². The van der Waals surface area contributed by atoms with E-state index in [2.05, 4.69) is 10.3 Å². The van der Waals surface area contributed by atoms with Gasteiger partial charge in [-0.3, -0.25) is 10.7 Å². The number of hydrogen-bond donors (Lipinski definition) is 2. The number of benzene rings is 1. The van der Waals surface area contributed by atoms with Crippen LogP contribution >= 0.6 is 11.3 Å². The normalized spacial score (nSPS) is 17.3. The van der Waals surface area contributed by atoms with E-state index in [0.717, 1.165) is 28.3 Å². The Morgan fingerprint density at radius 1 is 1.32 bits per heavy atom. The third-order valence-corrected chi connectivity index (χ3v) is 4.66. The van der Waals surface area contributed by atoms with Crippen molar-refractivity contribution in [2.45, 2.75) is 19.4 Å². The summed E-state index contributed by atoms with van der Waals surface area (Å²) in [7, 11) is 0. The SMILES string of the molecule is Cc1c(-c2ccc(F)c(C(F)(F)F)c2)sc2c1C=NC(N)N2. The van der Waals surface area contributed by atoms with E-state index < -0.39 is 23.8 Å². The molecule has 0 amide bonds. The van der Waals surface area contributed by atoms with Crippen LogP contribution in [0.15, 0.2) is 23.2 Å². The molecule has 0 fully saturated rings. The Kier molecular flexibility index (Phi) is 3.45. The summed E-state index contributed by atoms with van der Waals surface area (Å²) < 4.78 is 51.9. The van der Waals surface area contributed by atoms with Gasteiger partial charge in [-0.15, -0.1) is 11.3 Å². The number of nitrogens with two attached hydrogens (primary N) is 1. The number of nitrogens with zero attached hydrogens (tertiary/aromatic N) is 1. The molecule has 1 aliphatic rings. The van der Waals surface area contributed by atoms with E-state index >= 15 is 0 Å². The summed E-state index contributed by atoms with van der Waals surface area (Å²) in [6.07, 6.45) is -3.70. The van der Waals surface area contributed by atoms with Gasteiger partial charge in [0.05, 0.1) is 5.56 Å². The molecule has 3 nitrogen and oxygen atoms in total. The Balaban J connectivity index is 2.12. The van der Waals surface area contributed by atoms with Crippen LogP contribution in [0.3, 0.4) is 0 Å². The lowest BCUT2D eigenvalue weighted by Gasteiger charge is -2.14. The molecule has 2 heterocycles. The molecule has 1 aromatic heterocycles. The quantitative estimate of drug-likeness (QED) is 0.778. The monoisotopic (exact) mass is 329 g/mol. The number of anilines is 1. The number of nitrogens with one attached hydrogen (secondary N) is 1. The fourth-order valence-electron chi connectivity index (χ4n) is 2.27. The largest absolute Gasteiger partial charge is 0.419 e. The second kappa shape index (κ2) is 5.06. The highest BCUT2D eigenvalue weighted by Gasteiger charge is 2.34. The zero-order valence-corrected chi connectivity index (χ0v) is 12.1. The van der Waals surface area contributed by atoms with Crippen LogP contribution in [0.5, 0.6) is 0 Å². The number of fused-ring (bicyclic) bond motifs is 1. The van der Waals surface area contributed by atoms with Crippen molar-refractivity contribution in [3.05, 3.63) is 40.7 Å². The van der Waals surface area contributed by atoms with Crippen molar-refractivity contribution >= 4 is 22.6 Å². The number of rotatable bonds is 1. The Hall–Kier alpha value is -1.93. The summed E-state index contributed by atoms with van der Waals surface area (Å²) in [5.74, 6) is -1.28. The lowest BCUT2D eigenvalue weighted by Crippen LogP contribution is -2.29. The molecule has 3 N–H and O–H groups in total. The average molecular weight is 329 g/mol. The predicted molar refractivity (Wildman–Crippen MR) is 78.6 cm³/mol. The predicted octanol–water partition coefficient (Wildman–Crippen LogP) is 3.97. The van der Waals surface area contributed by atoms with Gasteiger partial charge in [-0.1, -0.05) is 6.07 Å². The van der Waals surface area contributed by atoms with Crippen LogP contribution in [0.4, 0.5) is 22.6 Å². The highest BCUT2D eigenvalue weighted by molar-refractivity contribution is 7.20. The second-order valence-corrected chi connectivity index (χ2v) is 5.88. The van der Waals surface area contributed by atoms with Gasteiger partial charge in [0.2, 0.25) is 0 Å². The van der Waals surface area contributed by atoms with Gasteiger partial charge in [-0.2, -0.15) is 13.2 Å². The lowest BCUT2D eigenvalue weighted by molar-refractivity contribution is -0.139. The Bertz CT molecular complexity index is 764. The van der Waals surface area contributed by atoms with Crippen LogP contribution in [0.2, 0.25) is 0 Å². The molecular formula is C14H11F4N3S. The van der Waals surface area contributed by atoms with Crippen molar-refractivity contribution in [2.75, 3.05) is 5.32 Å². The van der Waals surface area contributed by atoms with E-state index in [1.807, 2.05) is 0 Å². The van der Waals surface area contributed by atoms with E-state index in [9.17, 15) is 17.6 Å². The van der Waals surface area contributed by atoms with Gasteiger partial charge in [0.25, 0.3) is 0 Å². The van der Waals surface area contributed by atoms with Gasteiger partial charge in [-0.25, -0.2) is 4.39 Å². The molecule has 8 heteroatoms. The summed E-state index contributed by atoms with van der Waals surface area (Å²) in [4.78, 5) is 4.65. The van der Waals surface area contributed by atoms with Crippen molar-refractivity contribution in [2.24, 2.45) is 10.7 Å². The minimum Gasteiger partial charge on any atom is -0.343 e. The first-order chi connectivity index (χ1) is 10.3. The fraction of sp³-hybridized carbons (Fsp3) is 0.214. The van der Waals surface area contributed by atoms with Crippen LogP contribution in [0.1, 0.15) is 16.7 Å². The first kappa shape index (κ1) is 15.0. The number of hydrogen-bond acceptors (Lipinski definition) is 4. The fourth-order valence-corrected chi connectivity index (χ4v) is 3.48. The number of halogens is 4. The summed E-state index contributed by atoms with van der Waals surface area (Å²) >= 11 is 1.27. The lowest BCUT2D eigenvalue weighted by atomic mass is 10.0. The van der Waals surface area contributed by atoms with Gasteiger partial charge in [0.1, 0.15) is 10.8 Å². The molecule has 2 aromatic rings. The van der Waals surface area contributed by atoms with Gasteiger partial charge in [0.15, 0.2) is 6.29 Å². The van der Waals surface area contributed by atoms with Crippen molar-refractivity contribution in [1.29, 1.82) is 0 Å². The zero-order valence-electron chi connectivity index (χ0n) is 11.3. The molecule has 0 spiro atoms. The van der Waals surface area contributed by atoms with Crippen LogP contribution < -0.4 is 11.1 Å². The Morgan fingerprint density at radius 3 is 2.73 bits per heavy atom. The number of alkyl halides is 3. The molecule has 3 rings (SSSR count). The smallest absolute Gasteiger partial charge is 0.343 e. The average Bonchev–Trinajstić information content (AvgIpc) is 2.74. The summed E-state index contributed by atoms with van der Waals surface area (Å²) in [6, 6.07) is 3.01. The molecule has 1 aromatic carbocycles. The molecule has 0 radical (unpaired) electrons. The van der Waals surface area contributed by atoms with E-state index in [1.165, 1.54) is 17.4 Å². The molecule has 1 unspecified atom stereocenters. The third-order valence-electron chi connectivity index (χ3n) is 3.37. The van der Waals surface area contributed by atoms with Crippen LogP contribution in [-0.2, 0) is 6.18 Å². The highest BCUT2D eigenvalue weighted by atomic mass is 32.1. The molecule has 116 valence electrons. The first-order valence-corrected chi connectivity index (χ1v) is 7.15. The van der Waals surface area contributed by atoms with Gasteiger partial charge in [-0.05, 0) is 30.2 Å². The van der Waals surface area contributed by atoms with Crippen LogP contribution in [0, 0.1) is 12.7 Å².